The zero-order valence-corrected chi connectivity index (χ0v) is 14.6. The first-order valence-electron chi connectivity index (χ1n) is 8.57. The Hall–Kier alpha value is -1.70. The maximum Gasteiger partial charge on any atom is 0.138 e. The van der Waals surface area contributed by atoms with Gasteiger partial charge in [-0.3, -0.25) is 9.80 Å². The maximum absolute atomic E-state index is 6.05. The van der Waals surface area contributed by atoms with Crippen LogP contribution in [-0.2, 0) is 24.9 Å². The molecule has 7 nitrogen and oxygen atoms in total. The molecule has 0 aliphatic carbocycles. The lowest BCUT2D eigenvalue weighted by molar-refractivity contribution is -0.0506. The van der Waals surface area contributed by atoms with Crippen LogP contribution in [-0.4, -0.2) is 62.9 Å². The maximum atomic E-state index is 6.05. The molecule has 2 saturated heterocycles. The number of aryl methyl sites for hydroxylation is 3. The molecule has 0 spiro atoms. The van der Waals surface area contributed by atoms with E-state index in [0.717, 1.165) is 50.8 Å². The van der Waals surface area contributed by atoms with Crippen molar-refractivity contribution in [3.63, 3.8) is 0 Å². The highest BCUT2D eigenvalue weighted by atomic mass is 16.5. The molecule has 130 valence electrons. The minimum absolute atomic E-state index is 0.285. The standard InChI is InChI=1S/C17H25N5O2/c1-12-15(13(2)24-19-12)8-22-4-5-23-17-10-21(9-16(17)22)7-14-6-18-11-20(14)3/h6,11,16-17H,4-5,7-10H2,1-3H3/t16-,17+/m1/s1. The molecular weight excluding hydrogens is 306 g/mol. The molecular formula is C17H25N5O2. The van der Waals surface area contributed by atoms with E-state index in [1.54, 1.807) is 0 Å². The second-order valence-corrected chi connectivity index (χ2v) is 6.94. The summed E-state index contributed by atoms with van der Waals surface area (Å²) in [6, 6.07) is 0.431. The third kappa shape index (κ3) is 2.87. The fourth-order valence-electron chi connectivity index (χ4n) is 3.86. The van der Waals surface area contributed by atoms with Crippen molar-refractivity contribution >= 4 is 0 Å². The number of rotatable bonds is 4. The lowest BCUT2D eigenvalue weighted by Gasteiger charge is -2.36. The largest absolute Gasteiger partial charge is 0.374 e. The van der Waals surface area contributed by atoms with Crippen molar-refractivity contribution < 1.29 is 9.26 Å². The Morgan fingerprint density at radius 2 is 2.12 bits per heavy atom. The van der Waals surface area contributed by atoms with E-state index in [9.17, 15) is 0 Å². The summed E-state index contributed by atoms with van der Waals surface area (Å²) in [5, 5.41) is 4.09. The Morgan fingerprint density at radius 3 is 2.83 bits per heavy atom. The highest BCUT2D eigenvalue weighted by Gasteiger charge is 2.40. The van der Waals surface area contributed by atoms with Crippen LogP contribution in [0.5, 0.6) is 0 Å². The fraction of sp³-hybridized carbons (Fsp3) is 0.647. The number of imidazole rings is 1. The van der Waals surface area contributed by atoms with Gasteiger partial charge in [-0.05, 0) is 13.8 Å². The molecule has 0 unspecified atom stereocenters. The van der Waals surface area contributed by atoms with Crippen molar-refractivity contribution in [3.05, 3.63) is 35.2 Å². The Bertz CT molecular complexity index is 690. The van der Waals surface area contributed by atoms with Crippen LogP contribution in [0.2, 0.25) is 0 Å². The topological polar surface area (TPSA) is 59.6 Å². The summed E-state index contributed by atoms with van der Waals surface area (Å²) in [6.07, 6.45) is 4.09. The third-order valence-corrected chi connectivity index (χ3v) is 5.34. The van der Waals surface area contributed by atoms with Gasteiger partial charge < -0.3 is 13.8 Å². The van der Waals surface area contributed by atoms with Gasteiger partial charge in [-0.15, -0.1) is 0 Å². The first kappa shape index (κ1) is 15.8. The van der Waals surface area contributed by atoms with Crippen LogP contribution >= 0.6 is 0 Å². The summed E-state index contributed by atoms with van der Waals surface area (Å²) < 4.78 is 13.5. The minimum atomic E-state index is 0.285. The summed E-state index contributed by atoms with van der Waals surface area (Å²) in [7, 11) is 2.05. The molecule has 4 rings (SSSR count). The summed E-state index contributed by atoms with van der Waals surface area (Å²) in [6.45, 7) is 9.60. The molecule has 2 aliphatic rings. The highest BCUT2D eigenvalue weighted by Crippen LogP contribution is 2.27. The molecule has 0 saturated carbocycles. The molecule has 24 heavy (non-hydrogen) atoms. The van der Waals surface area contributed by atoms with E-state index >= 15 is 0 Å². The van der Waals surface area contributed by atoms with Crippen molar-refractivity contribution in [2.24, 2.45) is 7.05 Å². The van der Waals surface area contributed by atoms with Gasteiger partial charge in [0.1, 0.15) is 5.76 Å². The summed E-state index contributed by atoms with van der Waals surface area (Å²) in [5.74, 6) is 0.931. The number of fused-ring (bicyclic) bond motifs is 1. The fourth-order valence-corrected chi connectivity index (χ4v) is 3.86. The van der Waals surface area contributed by atoms with E-state index in [1.165, 1.54) is 11.3 Å². The molecule has 0 aromatic carbocycles. The first-order valence-corrected chi connectivity index (χ1v) is 8.57. The Morgan fingerprint density at radius 1 is 1.25 bits per heavy atom. The van der Waals surface area contributed by atoms with E-state index in [4.69, 9.17) is 9.26 Å². The number of ether oxygens (including phenoxy) is 1. The van der Waals surface area contributed by atoms with Crippen molar-refractivity contribution in [3.8, 4) is 0 Å². The van der Waals surface area contributed by atoms with Crippen LogP contribution in [0.25, 0.3) is 0 Å². The third-order valence-electron chi connectivity index (χ3n) is 5.34. The van der Waals surface area contributed by atoms with Crippen LogP contribution in [0.4, 0.5) is 0 Å². The van der Waals surface area contributed by atoms with Gasteiger partial charge in [-0.1, -0.05) is 5.16 Å². The van der Waals surface area contributed by atoms with Crippen molar-refractivity contribution in [2.75, 3.05) is 26.2 Å². The van der Waals surface area contributed by atoms with Gasteiger partial charge in [0.15, 0.2) is 0 Å². The van der Waals surface area contributed by atoms with E-state index in [1.807, 2.05) is 33.4 Å². The Kier molecular flexibility index (Phi) is 4.15. The Balaban J connectivity index is 1.46. The summed E-state index contributed by atoms with van der Waals surface area (Å²) in [5.41, 5.74) is 3.46. The SMILES string of the molecule is Cc1noc(C)c1CN1CCO[C@H]2CN(Cc3cncn3C)C[C@H]21. The van der Waals surface area contributed by atoms with Crippen molar-refractivity contribution in [1.82, 2.24) is 24.5 Å². The van der Waals surface area contributed by atoms with Crippen LogP contribution in [0.1, 0.15) is 22.7 Å². The zero-order chi connectivity index (χ0) is 16.7. The van der Waals surface area contributed by atoms with Gasteiger partial charge in [0.05, 0.1) is 36.5 Å². The monoisotopic (exact) mass is 331 g/mol. The molecule has 0 amide bonds. The number of morpholine rings is 1. The zero-order valence-electron chi connectivity index (χ0n) is 14.6. The van der Waals surface area contributed by atoms with E-state index in [-0.39, 0.29) is 6.10 Å². The van der Waals surface area contributed by atoms with Crippen molar-refractivity contribution in [1.29, 1.82) is 0 Å². The molecule has 4 heterocycles. The molecule has 0 bridgehead atoms. The first-order chi connectivity index (χ1) is 11.6. The lowest BCUT2D eigenvalue weighted by atomic mass is 10.1. The van der Waals surface area contributed by atoms with Crippen LogP contribution in [0.3, 0.4) is 0 Å². The molecule has 2 atom stereocenters. The molecule has 2 aromatic heterocycles. The smallest absolute Gasteiger partial charge is 0.138 e. The van der Waals surface area contributed by atoms with E-state index < -0.39 is 0 Å². The molecule has 2 aliphatic heterocycles. The average molecular weight is 331 g/mol. The normalized spacial score (nSPS) is 25.3. The minimum Gasteiger partial charge on any atom is -0.374 e. The van der Waals surface area contributed by atoms with Gasteiger partial charge in [0.25, 0.3) is 0 Å². The van der Waals surface area contributed by atoms with Gasteiger partial charge in [-0.25, -0.2) is 4.98 Å². The summed E-state index contributed by atoms with van der Waals surface area (Å²) in [4.78, 5) is 9.22. The van der Waals surface area contributed by atoms with Gasteiger partial charge in [0.2, 0.25) is 0 Å². The van der Waals surface area contributed by atoms with Gasteiger partial charge >= 0.3 is 0 Å². The molecule has 7 heteroatoms. The van der Waals surface area contributed by atoms with Crippen LogP contribution in [0.15, 0.2) is 17.0 Å². The van der Waals surface area contributed by atoms with Crippen LogP contribution in [0, 0.1) is 13.8 Å². The number of hydrogen-bond acceptors (Lipinski definition) is 6. The quantitative estimate of drug-likeness (QED) is 0.836. The van der Waals surface area contributed by atoms with E-state index in [0.29, 0.717) is 6.04 Å². The van der Waals surface area contributed by atoms with Gasteiger partial charge in [0, 0.05) is 51.5 Å². The van der Waals surface area contributed by atoms with Crippen LogP contribution < -0.4 is 0 Å². The second-order valence-electron chi connectivity index (χ2n) is 6.94. The predicted molar refractivity (Wildman–Crippen MR) is 88.4 cm³/mol. The Labute approximate surface area is 142 Å². The number of likely N-dealkylation sites (tertiary alicyclic amines) is 1. The van der Waals surface area contributed by atoms with Gasteiger partial charge in [-0.2, -0.15) is 0 Å². The summed E-state index contributed by atoms with van der Waals surface area (Å²) >= 11 is 0. The molecule has 2 aromatic rings. The number of nitrogens with zero attached hydrogens (tertiary/aromatic N) is 5. The lowest BCUT2D eigenvalue weighted by Crippen LogP contribution is -2.50. The second kappa shape index (κ2) is 6.31. The number of hydrogen-bond donors (Lipinski definition) is 0. The van der Waals surface area contributed by atoms with Crippen molar-refractivity contribution in [2.45, 2.75) is 39.1 Å². The molecule has 2 fully saturated rings. The average Bonchev–Trinajstić information content (AvgIpc) is 3.24. The number of aromatic nitrogens is 3. The highest BCUT2D eigenvalue weighted by molar-refractivity contribution is 5.21. The molecule has 0 N–H and O–H groups in total. The molecule has 0 radical (unpaired) electrons. The predicted octanol–water partition coefficient (Wildman–Crippen LogP) is 1.11. The van der Waals surface area contributed by atoms with E-state index in [2.05, 4.69) is 24.5 Å².